The predicted molar refractivity (Wildman–Crippen MR) is 136 cm³/mol. The fraction of sp³-hybridized carbons (Fsp3) is 0.417. The van der Waals surface area contributed by atoms with E-state index in [1.807, 2.05) is 18.1 Å². The number of aryl methyl sites for hydroxylation is 2. The van der Waals surface area contributed by atoms with Crippen LogP contribution in [0.4, 0.5) is 36.4 Å². The zero-order valence-electron chi connectivity index (χ0n) is 20.6. The number of piperidine rings is 1. The van der Waals surface area contributed by atoms with Gasteiger partial charge in [0, 0.05) is 18.8 Å². The van der Waals surface area contributed by atoms with Gasteiger partial charge in [-0.3, -0.25) is 14.8 Å². The highest BCUT2D eigenvalue weighted by Crippen LogP contribution is 2.34. The molecule has 13 heteroatoms. The van der Waals surface area contributed by atoms with E-state index >= 15 is 0 Å². The largest absolute Gasteiger partial charge is 0.432 e. The maximum atomic E-state index is 12.8. The van der Waals surface area contributed by atoms with E-state index in [0.29, 0.717) is 12.5 Å². The predicted octanol–water partition coefficient (Wildman–Crippen LogP) is 4.90. The number of anilines is 4. The Labute approximate surface area is 217 Å². The lowest BCUT2D eigenvalue weighted by Crippen LogP contribution is -2.40. The van der Waals surface area contributed by atoms with Gasteiger partial charge in [-0.05, 0) is 68.5 Å². The Morgan fingerprint density at radius 3 is 2.54 bits per heavy atom. The normalized spacial score (nSPS) is 15.0. The molecule has 37 heavy (non-hydrogen) atoms. The van der Waals surface area contributed by atoms with Crippen LogP contribution in [-0.4, -0.2) is 57.7 Å². The van der Waals surface area contributed by atoms with Crippen molar-refractivity contribution < 1.29 is 18.0 Å². The lowest BCUT2D eigenvalue weighted by Gasteiger charge is -2.32. The van der Waals surface area contributed by atoms with Gasteiger partial charge in [0.2, 0.25) is 11.9 Å². The van der Waals surface area contributed by atoms with Crippen molar-refractivity contribution in [1.82, 2.24) is 30.4 Å². The van der Waals surface area contributed by atoms with E-state index in [1.165, 1.54) is 11.8 Å². The number of benzene rings is 1. The summed E-state index contributed by atoms with van der Waals surface area (Å²) in [7, 11) is 1.65. The molecule has 0 spiro atoms. The topological polar surface area (TPSA) is 111 Å². The van der Waals surface area contributed by atoms with Crippen molar-refractivity contribution in [2.45, 2.75) is 38.8 Å². The average Bonchev–Trinajstić information content (AvgIpc) is 3.33. The summed E-state index contributed by atoms with van der Waals surface area (Å²) in [6, 6.07) is 5.03. The fourth-order valence-corrected chi connectivity index (χ4v) is 4.52. The monoisotopic (exact) mass is 536 g/mol. The lowest BCUT2D eigenvalue weighted by atomic mass is 9.85. The summed E-state index contributed by atoms with van der Waals surface area (Å²) in [6.07, 6.45) is -1.23. The van der Waals surface area contributed by atoms with Gasteiger partial charge in [0.25, 0.3) is 0 Å². The number of nitrogens with zero attached hydrogens (tertiary/aromatic N) is 4. The van der Waals surface area contributed by atoms with Crippen LogP contribution < -0.4 is 16.0 Å². The summed E-state index contributed by atoms with van der Waals surface area (Å²) < 4.78 is 38.5. The van der Waals surface area contributed by atoms with Crippen molar-refractivity contribution in [2.75, 3.05) is 37.3 Å². The Kier molecular flexibility index (Phi) is 7.88. The number of H-pyrrole nitrogens is 1. The van der Waals surface area contributed by atoms with Gasteiger partial charge in [0.15, 0.2) is 11.6 Å². The number of hydrogen-bond donors (Lipinski definition) is 4. The van der Waals surface area contributed by atoms with E-state index in [1.54, 1.807) is 7.05 Å². The number of nitrogens with one attached hydrogen (secondary N) is 4. The molecule has 0 bridgehead atoms. The highest BCUT2D eigenvalue weighted by atomic mass is 35.5. The number of carbonyl (C=O) groups excluding carboxylic acids is 1. The summed E-state index contributed by atoms with van der Waals surface area (Å²) in [6.45, 7) is 6.20. The average molecular weight is 537 g/mol. The number of rotatable bonds is 7. The van der Waals surface area contributed by atoms with E-state index in [9.17, 15) is 18.0 Å². The van der Waals surface area contributed by atoms with Gasteiger partial charge in [0.1, 0.15) is 10.7 Å². The maximum absolute atomic E-state index is 12.8. The van der Waals surface area contributed by atoms with Crippen LogP contribution in [-0.2, 0) is 11.0 Å². The van der Waals surface area contributed by atoms with Gasteiger partial charge in [-0.15, -0.1) is 0 Å². The van der Waals surface area contributed by atoms with Crippen LogP contribution in [0.25, 0.3) is 0 Å². The second-order valence-corrected chi connectivity index (χ2v) is 9.46. The van der Waals surface area contributed by atoms with Crippen LogP contribution in [0.15, 0.2) is 24.4 Å². The van der Waals surface area contributed by atoms with Crippen LogP contribution in [0.5, 0.6) is 0 Å². The number of carbonyl (C=O) groups is 1. The Balaban J connectivity index is 1.45. The Bertz CT molecular complexity index is 1270. The molecule has 9 nitrogen and oxygen atoms in total. The third-order valence-corrected chi connectivity index (χ3v) is 6.68. The molecule has 1 aromatic carbocycles. The van der Waals surface area contributed by atoms with Crippen LogP contribution in [0.3, 0.4) is 0 Å². The molecule has 3 aromatic rings. The molecular weight excluding hydrogens is 509 g/mol. The molecule has 0 unspecified atom stereocenters. The first-order valence-electron chi connectivity index (χ1n) is 11.8. The third-order valence-electron chi connectivity index (χ3n) is 6.41. The Morgan fingerprint density at radius 1 is 1.16 bits per heavy atom. The van der Waals surface area contributed by atoms with Crippen LogP contribution >= 0.6 is 11.6 Å². The van der Waals surface area contributed by atoms with Gasteiger partial charge in [-0.25, -0.2) is 4.98 Å². The number of aromatic nitrogens is 4. The lowest BCUT2D eigenvalue weighted by molar-refractivity contribution is -0.141. The summed E-state index contributed by atoms with van der Waals surface area (Å²) in [5.41, 5.74) is 3.23. The molecular formula is C24H28ClF3N8O. The molecule has 1 aliphatic rings. The van der Waals surface area contributed by atoms with Gasteiger partial charge < -0.3 is 16.0 Å². The minimum Gasteiger partial charge on any atom is -0.358 e. The van der Waals surface area contributed by atoms with Crippen molar-refractivity contribution in [3.05, 3.63) is 51.8 Å². The summed E-state index contributed by atoms with van der Waals surface area (Å²) in [5, 5.41) is 14.2. The molecule has 0 radical (unpaired) electrons. The molecule has 1 saturated heterocycles. The first kappa shape index (κ1) is 26.7. The van der Waals surface area contributed by atoms with Crippen molar-refractivity contribution in [1.29, 1.82) is 0 Å². The second-order valence-electron chi connectivity index (χ2n) is 9.05. The molecule has 1 fully saturated rings. The molecule has 0 atom stereocenters. The van der Waals surface area contributed by atoms with Gasteiger partial charge >= 0.3 is 6.18 Å². The van der Waals surface area contributed by atoms with Crippen LogP contribution in [0.1, 0.15) is 41.1 Å². The summed E-state index contributed by atoms with van der Waals surface area (Å²) in [4.78, 5) is 22.3. The zero-order chi connectivity index (χ0) is 26.7. The first-order chi connectivity index (χ1) is 17.5. The molecule has 0 saturated carbocycles. The quantitative estimate of drug-likeness (QED) is 0.340. The van der Waals surface area contributed by atoms with Crippen molar-refractivity contribution in [2.24, 2.45) is 0 Å². The summed E-state index contributed by atoms with van der Waals surface area (Å²) >= 11 is 6.15. The van der Waals surface area contributed by atoms with Gasteiger partial charge in [-0.2, -0.15) is 23.3 Å². The second kappa shape index (κ2) is 10.9. The van der Waals surface area contributed by atoms with E-state index < -0.39 is 11.9 Å². The van der Waals surface area contributed by atoms with E-state index in [-0.39, 0.29) is 28.5 Å². The number of alkyl halides is 3. The van der Waals surface area contributed by atoms with Gasteiger partial charge in [0.05, 0.1) is 12.7 Å². The Morgan fingerprint density at radius 2 is 1.89 bits per heavy atom. The number of hydrogen-bond acceptors (Lipinski definition) is 7. The van der Waals surface area contributed by atoms with Crippen molar-refractivity contribution in [3.63, 3.8) is 0 Å². The molecule has 2 aromatic heterocycles. The SMILES string of the molecule is CNC(=O)CN1CCC(c2cc(C)c(Nc3ncc(Cl)c(Nc4cc(C(F)(F)F)[nH]n4)n3)cc2C)CC1. The summed E-state index contributed by atoms with van der Waals surface area (Å²) in [5.74, 6) is 0.715. The molecule has 1 aliphatic heterocycles. The van der Waals surface area contributed by atoms with Crippen molar-refractivity contribution >= 4 is 40.8 Å². The van der Waals surface area contributed by atoms with E-state index in [2.05, 4.69) is 48.9 Å². The number of likely N-dealkylation sites (tertiary alicyclic amines) is 1. The highest BCUT2D eigenvalue weighted by Gasteiger charge is 2.33. The third kappa shape index (κ3) is 6.50. The minimum atomic E-state index is -4.54. The van der Waals surface area contributed by atoms with Crippen LogP contribution in [0.2, 0.25) is 5.02 Å². The standard InChI is InChI=1S/C24H28ClF3N8O/c1-13-9-18(14(2)8-16(13)15-4-6-36(7-5-15)12-21(37)29-3)31-23-30-11-17(25)22(33-23)32-20-10-19(34-35-20)24(26,27)28/h8-11,15H,4-7,12H2,1-3H3,(H,29,37)(H3,30,31,32,33,34,35). The number of aromatic amines is 1. The molecule has 4 rings (SSSR count). The molecule has 0 aliphatic carbocycles. The number of likely N-dealkylation sites (N-methyl/N-ethyl adjacent to an activating group) is 1. The number of halogens is 4. The zero-order valence-corrected chi connectivity index (χ0v) is 21.4. The Hall–Kier alpha value is -3.38. The first-order valence-corrected chi connectivity index (χ1v) is 12.1. The number of amides is 1. The molecule has 1 amide bonds. The molecule has 3 heterocycles. The smallest absolute Gasteiger partial charge is 0.358 e. The maximum Gasteiger partial charge on any atom is 0.432 e. The van der Waals surface area contributed by atoms with E-state index in [4.69, 9.17) is 11.6 Å². The van der Waals surface area contributed by atoms with E-state index in [0.717, 1.165) is 48.8 Å². The van der Waals surface area contributed by atoms with Gasteiger partial charge in [-0.1, -0.05) is 17.7 Å². The molecule has 198 valence electrons. The van der Waals surface area contributed by atoms with Crippen molar-refractivity contribution in [3.8, 4) is 0 Å². The highest BCUT2D eigenvalue weighted by molar-refractivity contribution is 6.32. The van der Waals surface area contributed by atoms with Crippen LogP contribution in [0, 0.1) is 13.8 Å². The minimum absolute atomic E-state index is 0.0269. The molecule has 4 N–H and O–H groups in total. The fourth-order valence-electron chi connectivity index (χ4n) is 4.38.